The second kappa shape index (κ2) is 8.77. The third-order valence-electron chi connectivity index (χ3n) is 3.06. The molecular formula is C16H22N2O5. The second-order valence-electron chi connectivity index (χ2n) is 5.58. The number of carbonyl (C=O) groups is 3. The molecule has 0 spiro atoms. The molecule has 1 aromatic carbocycles. The minimum atomic E-state index is -1.05. The van der Waals surface area contributed by atoms with Gasteiger partial charge in [0.1, 0.15) is 11.8 Å². The van der Waals surface area contributed by atoms with E-state index in [0.717, 1.165) is 0 Å². The van der Waals surface area contributed by atoms with Crippen LogP contribution >= 0.6 is 0 Å². The molecule has 0 aliphatic rings. The third kappa shape index (κ3) is 6.82. The lowest BCUT2D eigenvalue weighted by Crippen LogP contribution is -2.42. The Morgan fingerprint density at radius 2 is 2.00 bits per heavy atom. The van der Waals surface area contributed by atoms with Gasteiger partial charge in [-0.3, -0.25) is 9.59 Å². The molecule has 0 saturated heterocycles. The maximum atomic E-state index is 11.8. The smallest absolute Gasteiger partial charge is 0.326 e. The Labute approximate surface area is 134 Å². The summed E-state index contributed by atoms with van der Waals surface area (Å²) in [5, 5.41) is 11.5. The number of rotatable bonds is 9. The number of aliphatic carboxylic acids is 1. The van der Waals surface area contributed by atoms with Crippen LogP contribution in [0.2, 0.25) is 0 Å². The first kappa shape index (κ1) is 18.5. The molecule has 2 amide bonds. The van der Waals surface area contributed by atoms with E-state index in [0.29, 0.717) is 17.7 Å². The molecule has 0 bridgehead atoms. The molecule has 4 N–H and O–H groups in total. The van der Waals surface area contributed by atoms with Crippen LogP contribution in [-0.4, -0.2) is 35.5 Å². The summed E-state index contributed by atoms with van der Waals surface area (Å²) >= 11 is 0. The third-order valence-corrected chi connectivity index (χ3v) is 3.06. The van der Waals surface area contributed by atoms with E-state index in [9.17, 15) is 14.4 Å². The van der Waals surface area contributed by atoms with Gasteiger partial charge in [0.2, 0.25) is 11.8 Å². The number of nitrogens with two attached hydrogens (primary N) is 1. The normalized spacial score (nSPS) is 11.8. The van der Waals surface area contributed by atoms with Crippen LogP contribution in [0.1, 0.15) is 37.0 Å². The number of nitrogens with one attached hydrogen (secondary N) is 1. The van der Waals surface area contributed by atoms with Gasteiger partial charge in [-0.25, -0.2) is 4.79 Å². The number of ether oxygens (including phenoxy) is 1. The van der Waals surface area contributed by atoms with E-state index < -0.39 is 23.8 Å². The summed E-state index contributed by atoms with van der Waals surface area (Å²) in [4.78, 5) is 33.9. The second-order valence-corrected chi connectivity index (χ2v) is 5.58. The van der Waals surface area contributed by atoms with Gasteiger partial charge in [-0.2, -0.15) is 0 Å². The van der Waals surface area contributed by atoms with Gasteiger partial charge in [0.15, 0.2) is 0 Å². The van der Waals surface area contributed by atoms with Crippen molar-refractivity contribution in [2.24, 2.45) is 11.7 Å². The highest BCUT2D eigenvalue weighted by Gasteiger charge is 2.20. The predicted octanol–water partition coefficient (Wildman–Crippen LogP) is 1.17. The van der Waals surface area contributed by atoms with Gasteiger partial charge in [-0.15, -0.1) is 0 Å². The molecule has 0 heterocycles. The quantitative estimate of drug-likeness (QED) is 0.630. The lowest BCUT2D eigenvalue weighted by molar-refractivity contribution is -0.142. The molecule has 0 aromatic heterocycles. The van der Waals surface area contributed by atoms with Crippen molar-refractivity contribution in [3.8, 4) is 5.75 Å². The highest BCUT2D eigenvalue weighted by molar-refractivity contribution is 5.93. The van der Waals surface area contributed by atoms with Crippen molar-refractivity contribution < 1.29 is 24.2 Å². The topological polar surface area (TPSA) is 119 Å². The minimum Gasteiger partial charge on any atom is -0.493 e. The van der Waals surface area contributed by atoms with Crippen molar-refractivity contribution in [1.29, 1.82) is 0 Å². The Morgan fingerprint density at radius 3 is 2.57 bits per heavy atom. The fourth-order valence-corrected chi connectivity index (χ4v) is 1.96. The lowest BCUT2D eigenvalue weighted by atomic mass is 10.0. The van der Waals surface area contributed by atoms with Crippen molar-refractivity contribution in [1.82, 2.24) is 5.32 Å². The number of hydrogen-bond donors (Lipinski definition) is 3. The number of benzene rings is 1. The Kier molecular flexibility index (Phi) is 7.05. The number of carbonyl (C=O) groups excluding carboxylic acids is 2. The van der Waals surface area contributed by atoms with Crippen LogP contribution < -0.4 is 15.8 Å². The summed E-state index contributed by atoms with van der Waals surface area (Å²) in [6.45, 7) is 3.84. The van der Waals surface area contributed by atoms with Crippen LogP contribution in [0, 0.1) is 5.92 Å². The van der Waals surface area contributed by atoms with Crippen molar-refractivity contribution in [3.05, 3.63) is 29.8 Å². The van der Waals surface area contributed by atoms with Gasteiger partial charge < -0.3 is 20.9 Å². The first-order valence-corrected chi connectivity index (χ1v) is 7.34. The van der Waals surface area contributed by atoms with E-state index in [4.69, 9.17) is 15.6 Å². The fraction of sp³-hybridized carbons (Fsp3) is 0.438. The van der Waals surface area contributed by atoms with E-state index in [2.05, 4.69) is 5.32 Å². The highest BCUT2D eigenvalue weighted by Crippen LogP contribution is 2.13. The summed E-state index contributed by atoms with van der Waals surface area (Å²) in [7, 11) is 0. The lowest BCUT2D eigenvalue weighted by Gasteiger charge is -2.16. The van der Waals surface area contributed by atoms with Gasteiger partial charge in [0, 0.05) is 5.56 Å². The molecule has 1 atom stereocenters. The standard InChI is InChI=1S/C16H22N2O5/c1-10(2)8-13(16(21)22)18-14(19)6-7-23-12-5-3-4-11(9-12)15(17)20/h3-5,9-10,13H,6-8H2,1-2H3,(H2,17,20)(H,18,19)(H,21,22). The molecule has 7 heteroatoms. The summed E-state index contributed by atoms with van der Waals surface area (Å²) < 4.78 is 5.37. The summed E-state index contributed by atoms with van der Waals surface area (Å²) in [5.74, 6) is -1.44. The average Bonchev–Trinajstić information content (AvgIpc) is 2.46. The van der Waals surface area contributed by atoms with E-state index >= 15 is 0 Å². The van der Waals surface area contributed by atoms with Crippen molar-refractivity contribution >= 4 is 17.8 Å². The highest BCUT2D eigenvalue weighted by atomic mass is 16.5. The molecule has 23 heavy (non-hydrogen) atoms. The van der Waals surface area contributed by atoms with Crippen LogP contribution in [0.25, 0.3) is 0 Å². The van der Waals surface area contributed by atoms with Gasteiger partial charge in [0.25, 0.3) is 0 Å². The molecule has 7 nitrogen and oxygen atoms in total. The minimum absolute atomic E-state index is 0.0165. The number of carboxylic acids is 1. The molecule has 0 radical (unpaired) electrons. The molecule has 0 saturated carbocycles. The maximum absolute atomic E-state index is 11.8. The molecule has 1 unspecified atom stereocenters. The van der Waals surface area contributed by atoms with Gasteiger partial charge in [-0.05, 0) is 30.5 Å². The van der Waals surface area contributed by atoms with Crippen molar-refractivity contribution in [2.45, 2.75) is 32.7 Å². The zero-order chi connectivity index (χ0) is 17.4. The zero-order valence-corrected chi connectivity index (χ0v) is 13.2. The Hall–Kier alpha value is -2.57. The largest absolute Gasteiger partial charge is 0.493 e. The number of hydrogen-bond acceptors (Lipinski definition) is 4. The Balaban J connectivity index is 2.45. The summed E-state index contributed by atoms with van der Waals surface area (Å²) in [5.41, 5.74) is 5.48. The van der Waals surface area contributed by atoms with E-state index in [-0.39, 0.29) is 18.9 Å². The van der Waals surface area contributed by atoms with Gasteiger partial charge >= 0.3 is 5.97 Å². The van der Waals surface area contributed by atoms with E-state index in [1.54, 1.807) is 18.2 Å². The number of carboxylic acid groups (broad SMARTS) is 1. The fourth-order valence-electron chi connectivity index (χ4n) is 1.96. The van der Waals surface area contributed by atoms with E-state index in [1.165, 1.54) is 6.07 Å². The molecular weight excluding hydrogens is 300 g/mol. The molecule has 0 fully saturated rings. The molecule has 1 rings (SSSR count). The molecule has 0 aliphatic heterocycles. The van der Waals surface area contributed by atoms with Crippen molar-refractivity contribution in [2.75, 3.05) is 6.61 Å². The van der Waals surface area contributed by atoms with Crippen LogP contribution in [0.5, 0.6) is 5.75 Å². The van der Waals surface area contributed by atoms with Crippen LogP contribution in [-0.2, 0) is 9.59 Å². The maximum Gasteiger partial charge on any atom is 0.326 e. The number of amides is 2. The summed E-state index contributed by atoms with van der Waals surface area (Å²) in [6.07, 6.45) is 0.380. The average molecular weight is 322 g/mol. The Bertz CT molecular complexity index is 571. The molecule has 126 valence electrons. The monoisotopic (exact) mass is 322 g/mol. The molecule has 1 aromatic rings. The first-order valence-electron chi connectivity index (χ1n) is 7.34. The van der Waals surface area contributed by atoms with E-state index in [1.807, 2.05) is 13.8 Å². The first-order chi connectivity index (χ1) is 10.8. The molecule has 0 aliphatic carbocycles. The van der Waals surface area contributed by atoms with Gasteiger partial charge in [-0.1, -0.05) is 19.9 Å². The van der Waals surface area contributed by atoms with Crippen molar-refractivity contribution in [3.63, 3.8) is 0 Å². The summed E-state index contributed by atoms with van der Waals surface area (Å²) in [6, 6.07) is 5.41. The zero-order valence-electron chi connectivity index (χ0n) is 13.2. The predicted molar refractivity (Wildman–Crippen MR) is 84.1 cm³/mol. The Morgan fingerprint density at radius 1 is 1.30 bits per heavy atom. The van der Waals surface area contributed by atoms with Crippen LogP contribution in [0.3, 0.4) is 0 Å². The van der Waals surface area contributed by atoms with Gasteiger partial charge in [0.05, 0.1) is 13.0 Å². The van der Waals surface area contributed by atoms with Crippen LogP contribution in [0.4, 0.5) is 0 Å². The SMILES string of the molecule is CC(C)CC(NC(=O)CCOc1cccc(C(N)=O)c1)C(=O)O. The van der Waals surface area contributed by atoms with Crippen LogP contribution in [0.15, 0.2) is 24.3 Å². The number of primary amides is 1.